The fourth-order valence-electron chi connectivity index (χ4n) is 1.26. The Bertz CT molecular complexity index is 259. The molecule has 0 saturated heterocycles. The van der Waals surface area contributed by atoms with Gasteiger partial charge in [-0.15, -0.1) is 0 Å². The van der Waals surface area contributed by atoms with Gasteiger partial charge in [-0.05, 0) is 12.5 Å². The molecular weight excluding hydrogens is 186 g/mol. The van der Waals surface area contributed by atoms with Gasteiger partial charge in [-0.1, -0.05) is 41.9 Å². The third-order valence-corrected chi connectivity index (χ3v) is 2.22. The molecule has 0 aliphatic carbocycles. The Labute approximate surface area is 83.3 Å². The molecule has 0 aromatic heterocycles. The van der Waals surface area contributed by atoms with Gasteiger partial charge in [-0.3, -0.25) is 0 Å². The van der Waals surface area contributed by atoms with Crippen LogP contribution in [-0.2, 0) is 5.00 Å². The van der Waals surface area contributed by atoms with Crippen molar-refractivity contribution >= 4 is 11.6 Å². The summed E-state index contributed by atoms with van der Waals surface area (Å²) in [6.07, 6.45) is -0.152. The molecular formula is C10H14ClNO. The molecule has 0 saturated carbocycles. The largest absolute Gasteiger partial charge is 0.393 e. The quantitative estimate of drug-likeness (QED) is 0.576. The molecule has 1 rings (SSSR count). The van der Waals surface area contributed by atoms with Crippen LogP contribution in [-0.4, -0.2) is 11.2 Å². The lowest BCUT2D eigenvalue weighted by Crippen LogP contribution is -2.33. The van der Waals surface area contributed by atoms with Crippen LogP contribution in [0.3, 0.4) is 0 Å². The summed E-state index contributed by atoms with van der Waals surface area (Å²) in [6.45, 7) is 1.67. The van der Waals surface area contributed by atoms with E-state index in [0.29, 0.717) is 6.42 Å². The number of benzene rings is 1. The smallest absolute Gasteiger partial charge is 0.119 e. The van der Waals surface area contributed by atoms with E-state index >= 15 is 0 Å². The van der Waals surface area contributed by atoms with Crippen molar-refractivity contribution in [2.24, 2.45) is 5.73 Å². The molecule has 0 aliphatic rings. The molecule has 72 valence electrons. The number of hydrogen-bond donors (Lipinski definition) is 2. The van der Waals surface area contributed by atoms with Crippen molar-refractivity contribution < 1.29 is 5.11 Å². The van der Waals surface area contributed by atoms with Gasteiger partial charge in [-0.25, -0.2) is 0 Å². The van der Waals surface area contributed by atoms with Crippen LogP contribution < -0.4 is 5.73 Å². The molecule has 2 unspecified atom stereocenters. The predicted octanol–water partition coefficient (Wildman–Crippen LogP) is 1.81. The lowest BCUT2D eigenvalue weighted by atomic mass is 10.0. The number of nitrogens with two attached hydrogens (primary N) is 1. The van der Waals surface area contributed by atoms with E-state index in [0.717, 1.165) is 5.56 Å². The predicted molar refractivity (Wildman–Crippen MR) is 54.5 cm³/mol. The van der Waals surface area contributed by atoms with Gasteiger partial charge in [0.15, 0.2) is 0 Å². The Kier molecular flexibility index (Phi) is 3.31. The van der Waals surface area contributed by atoms with E-state index in [1.54, 1.807) is 6.92 Å². The van der Waals surface area contributed by atoms with Gasteiger partial charge < -0.3 is 10.8 Å². The number of halogens is 1. The minimum atomic E-state index is -0.963. The van der Waals surface area contributed by atoms with Crippen LogP contribution in [0.25, 0.3) is 0 Å². The summed E-state index contributed by atoms with van der Waals surface area (Å²) in [6, 6.07) is 9.37. The van der Waals surface area contributed by atoms with Crippen LogP contribution in [0.1, 0.15) is 18.9 Å². The SMILES string of the molecule is CC(O)CC(N)(Cl)c1ccccc1. The molecule has 0 bridgehead atoms. The van der Waals surface area contributed by atoms with Crippen molar-refractivity contribution in [3.63, 3.8) is 0 Å². The van der Waals surface area contributed by atoms with E-state index < -0.39 is 11.1 Å². The monoisotopic (exact) mass is 199 g/mol. The fraction of sp³-hybridized carbons (Fsp3) is 0.400. The molecule has 0 fully saturated rings. The fourth-order valence-corrected chi connectivity index (χ4v) is 1.61. The van der Waals surface area contributed by atoms with Gasteiger partial charge >= 0.3 is 0 Å². The van der Waals surface area contributed by atoms with Gasteiger partial charge in [0.1, 0.15) is 5.00 Å². The molecule has 0 aliphatic heterocycles. The molecule has 1 aromatic carbocycles. The lowest BCUT2D eigenvalue weighted by Gasteiger charge is -2.23. The first-order valence-electron chi connectivity index (χ1n) is 4.24. The highest BCUT2D eigenvalue weighted by Gasteiger charge is 2.25. The molecule has 0 radical (unpaired) electrons. The van der Waals surface area contributed by atoms with Crippen LogP contribution in [0.2, 0.25) is 0 Å². The Morgan fingerprint density at radius 1 is 1.46 bits per heavy atom. The summed E-state index contributed by atoms with van der Waals surface area (Å²) in [5, 5.41) is 9.18. The lowest BCUT2D eigenvalue weighted by molar-refractivity contribution is 0.168. The van der Waals surface area contributed by atoms with E-state index in [1.807, 2.05) is 30.3 Å². The zero-order valence-corrected chi connectivity index (χ0v) is 8.33. The second kappa shape index (κ2) is 4.09. The summed E-state index contributed by atoms with van der Waals surface area (Å²) in [4.78, 5) is -0.963. The molecule has 0 heterocycles. The molecule has 2 nitrogen and oxygen atoms in total. The van der Waals surface area contributed by atoms with Gasteiger partial charge in [0.2, 0.25) is 0 Å². The minimum Gasteiger partial charge on any atom is -0.393 e. The normalized spacial score (nSPS) is 17.8. The third kappa shape index (κ3) is 2.99. The van der Waals surface area contributed by atoms with Crippen molar-refractivity contribution in [3.8, 4) is 0 Å². The zero-order valence-electron chi connectivity index (χ0n) is 7.57. The molecule has 0 amide bonds. The highest BCUT2D eigenvalue weighted by Crippen LogP contribution is 2.27. The summed E-state index contributed by atoms with van der Waals surface area (Å²) in [7, 11) is 0. The zero-order chi connectivity index (χ0) is 9.90. The van der Waals surface area contributed by atoms with Crippen LogP contribution in [0, 0.1) is 0 Å². The van der Waals surface area contributed by atoms with Gasteiger partial charge in [0.25, 0.3) is 0 Å². The maximum Gasteiger partial charge on any atom is 0.119 e. The van der Waals surface area contributed by atoms with Gasteiger partial charge in [0, 0.05) is 6.42 Å². The number of rotatable bonds is 3. The number of aliphatic hydroxyl groups is 1. The standard InChI is InChI=1S/C10H14ClNO/c1-8(13)7-10(11,12)9-5-3-2-4-6-9/h2-6,8,13H,7,12H2,1H3. The Balaban J connectivity index is 2.81. The van der Waals surface area contributed by atoms with Crippen molar-refractivity contribution in [1.29, 1.82) is 0 Å². The maximum atomic E-state index is 9.18. The first-order valence-corrected chi connectivity index (χ1v) is 4.61. The van der Waals surface area contributed by atoms with E-state index in [1.165, 1.54) is 0 Å². The van der Waals surface area contributed by atoms with E-state index in [2.05, 4.69) is 0 Å². The van der Waals surface area contributed by atoms with E-state index in [-0.39, 0.29) is 0 Å². The van der Waals surface area contributed by atoms with Crippen molar-refractivity contribution in [3.05, 3.63) is 35.9 Å². The first-order chi connectivity index (χ1) is 6.02. The second-order valence-corrected chi connectivity index (χ2v) is 3.96. The summed E-state index contributed by atoms with van der Waals surface area (Å²) >= 11 is 6.07. The average molecular weight is 200 g/mol. The van der Waals surface area contributed by atoms with Crippen LogP contribution in [0.15, 0.2) is 30.3 Å². The minimum absolute atomic E-state index is 0.346. The number of hydrogen-bond acceptors (Lipinski definition) is 2. The van der Waals surface area contributed by atoms with Gasteiger partial charge in [0.05, 0.1) is 6.10 Å². The van der Waals surface area contributed by atoms with Gasteiger partial charge in [-0.2, -0.15) is 0 Å². The number of alkyl halides is 1. The average Bonchev–Trinajstić information content (AvgIpc) is 2.04. The third-order valence-electron chi connectivity index (χ3n) is 1.85. The van der Waals surface area contributed by atoms with Crippen molar-refractivity contribution in [1.82, 2.24) is 0 Å². The number of aliphatic hydroxyl groups excluding tert-OH is 1. The van der Waals surface area contributed by atoms with E-state index in [4.69, 9.17) is 17.3 Å². The maximum absolute atomic E-state index is 9.18. The summed E-state index contributed by atoms with van der Waals surface area (Å²) in [5.41, 5.74) is 6.68. The molecule has 13 heavy (non-hydrogen) atoms. The first kappa shape index (κ1) is 10.5. The molecule has 0 spiro atoms. The second-order valence-electron chi connectivity index (χ2n) is 3.28. The molecule has 3 N–H and O–H groups in total. The van der Waals surface area contributed by atoms with Crippen LogP contribution >= 0.6 is 11.6 Å². The van der Waals surface area contributed by atoms with Crippen molar-refractivity contribution in [2.75, 3.05) is 0 Å². The Hall–Kier alpha value is -0.570. The van der Waals surface area contributed by atoms with Crippen LogP contribution in [0.4, 0.5) is 0 Å². The molecule has 1 aromatic rings. The van der Waals surface area contributed by atoms with E-state index in [9.17, 15) is 5.11 Å². The highest BCUT2D eigenvalue weighted by atomic mass is 35.5. The summed E-state index contributed by atoms with van der Waals surface area (Å²) < 4.78 is 0. The van der Waals surface area contributed by atoms with Crippen molar-refractivity contribution in [2.45, 2.75) is 24.4 Å². The Morgan fingerprint density at radius 2 is 2.00 bits per heavy atom. The molecule has 2 atom stereocenters. The topological polar surface area (TPSA) is 46.2 Å². The highest BCUT2D eigenvalue weighted by molar-refractivity contribution is 6.23. The Morgan fingerprint density at radius 3 is 2.46 bits per heavy atom. The summed E-state index contributed by atoms with van der Waals surface area (Å²) in [5.74, 6) is 0. The molecule has 3 heteroatoms. The van der Waals surface area contributed by atoms with Crippen LogP contribution in [0.5, 0.6) is 0 Å².